The van der Waals surface area contributed by atoms with Gasteiger partial charge in [0.2, 0.25) is 0 Å². The summed E-state index contributed by atoms with van der Waals surface area (Å²) in [5, 5.41) is 0. The highest BCUT2D eigenvalue weighted by Crippen LogP contribution is 2.35. The van der Waals surface area contributed by atoms with E-state index in [2.05, 4.69) is 13.8 Å². The van der Waals surface area contributed by atoms with Gasteiger partial charge >= 0.3 is 0 Å². The van der Waals surface area contributed by atoms with Gasteiger partial charge in [-0.25, -0.2) is 0 Å². The van der Waals surface area contributed by atoms with Crippen LogP contribution >= 0.6 is 0 Å². The zero-order valence-corrected chi connectivity index (χ0v) is 11.1. The van der Waals surface area contributed by atoms with Crippen LogP contribution in [0.15, 0.2) is 0 Å². The van der Waals surface area contributed by atoms with Crippen molar-refractivity contribution in [1.29, 1.82) is 0 Å². The molecular formula is C15H28O. The lowest BCUT2D eigenvalue weighted by molar-refractivity contribution is -0.118. The molecule has 1 nitrogen and oxygen atoms in total. The first kappa shape index (κ1) is 13.7. The third-order valence-corrected chi connectivity index (χ3v) is 4.50. The average Bonchev–Trinajstić information content (AvgIpc) is 2.29. The molecule has 1 aliphatic carbocycles. The predicted octanol–water partition coefficient (Wildman–Crippen LogP) is 4.74. The minimum Gasteiger partial charge on any atom is -0.303 e. The van der Waals surface area contributed by atoms with Crippen LogP contribution in [0.3, 0.4) is 0 Å². The number of aldehydes is 1. The van der Waals surface area contributed by atoms with Crippen LogP contribution in [0.1, 0.15) is 78.1 Å². The number of carbonyl (C=O) groups excluding carboxylic acids is 1. The molecule has 1 aliphatic rings. The lowest BCUT2D eigenvalue weighted by atomic mass is 9.73. The van der Waals surface area contributed by atoms with E-state index < -0.39 is 0 Å². The third-order valence-electron chi connectivity index (χ3n) is 4.50. The topological polar surface area (TPSA) is 17.1 Å². The van der Waals surface area contributed by atoms with Gasteiger partial charge in [0.25, 0.3) is 0 Å². The van der Waals surface area contributed by atoms with Gasteiger partial charge in [-0.3, -0.25) is 0 Å². The first-order chi connectivity index (χ1) is 7.69. The van der Waals surface area contributed by atoms with Gasteiger partial charge in [-0.1, -0.05) is 65.2 Å². The molecule has 1 saturated carbocycles. The highest BCUT2D eigenvalue weighted by molar-refractivity contribution is 5.59. The maximum Gasteiger partial charge on any atom is 0.126 e. The summed E-state index contributed by atoms with van der Waals surface area (Å²) in [7, 11) is 0. The van der Waals surface area contributed by atoms with Gasteiger partial charge in [0.15, 0.2) is 0 Å². The van der Waals surface area contributed by atoms with Crippen molar-refractivity contribution in [1.82, 2.24) is 0 Å². The van der Waals surface area contributed by atoms with Gasteiger partial charge in [0.05, 0.1) is 0 Å². The fraction of sp³-hybridized carbons (Fsp3) is 0.933. The molecule has 0 spiro atoms. The summed E-state index contributed by atoms with van der Waals surface area (Å²) in [5.74, 6) is 0.560. The zero-order valence-electron chi connectivity index (χ0n) is 11.1. The van der Waals surface area contributed by atoms with Crippen LogP contribution in [0.25, 0.3) is 0 Å². The summed E-state index contributed by atoms with van der Waals surface area (Å²) in [6.07, 6.45) is 14.3. The van der Waals surface area contributed by atoms with E-state index in [-0.39, 0.29) is 5.41 Å². The van der Waals surface area contributed by atoms with Crippen LogP contribution in [-0.4, -0.2) is 6.29 Å². The molecule has 94 valence electrons. The molecule has 0 bridgehead atoms. The molecule has 1 fully saturated rings. The molecule has 0 saturated heterocycles. The fourth-order valence-corrected chi connectivity index (χ4v) is 2.77. The predicted molar refractivity (Wildman–Crippen MR) is 69.5 cm³/mol. The van der Waals surface area contributed by atoms with E-state index in [1.54, 1.807) is 0 Å². The van der Waals surface area contributed by atoms with Crippen LogP contribution < -0.4 is 0 Å². The molecule has 1 rings (SSSR count). The maximum atomic E-state index is 11.3. The Morgan fingerprint density at radius 1 is 0.938 bits per heavy atom. The van der Waals surface area contributed by atoms with Crippen molar-refractivity contribution in [3.63, 3.8) is 0 Å². The van der Waals surface area contributed by atoms with Crippen molar-refractivity contribution >= 4 is 6.29 Å². The van der Waals surface area contributed by atoms with Crippen LogP contribution in [0.5, 0.6) is 0 Å². The summed E-state index contributed by atoms with van der Waals surface area (Å²) in [5.41, 5.74) is -0.0564. The Labute approximate surface area is 101 Å². The second kappa shape index (κ2) is 7.09. The van der Waals surface area contributed by atoms with Crippen molar-refractivity contribution < 1.29 is 4.79 Å². The summed E-state index contributed by atoms with van der Waals surface area (Å²) in [6.45, 7) is 4.43. The molecule has 0 N–H and O–H groups in total. The van der Waals surface area contributed by atoms with Crippen LogP contribution in [0, 0.1) is 11.3 Å². The summed E-state index contributed by atoms with van der Waals surface area (Å²) >= 11 is 0. The van der Waals surface area contributed by atoms with E-state index >= 15 is 0 Å². The molecule has 1 heteroatoms. The summed E-state index contributed by atoms with van der Waals surface area (Å²) < 4.78 is 0. The Kier molecular flexibility index (Phi) is 6.08. The molecule has 0 amide bonds. The number of hydrogen-bond acceptors (Lipinski definition) is 1. The molecule has 0 aromatic carbocycles. The molecule has 0 radical (unpaired) electrons. The maximum absolute atomic E-state index is 11.3. The number of rotatable bonds is 1. The molecule has 0 aromatic heterocycles. The molecule has 0 aromatic rings. The molecular weight excluding hydrogens is 196 g/mol. The average molecular weight is 224 g/mol. The molecule has 0 aliphatic heterocycles. The van der Waals surface area contributed by atoms with E-state index in [9.17, 15) is 4.79 Å². The Morgan fingerprint density at radius 2 is 1.44 bits per heavy atom. The van der Waals surface area contributed by atoms with E-state index in [4.69, 9.17) is 0 Å². The Hall–Kier alpha value is -0.330. The van der Waals surface area contributed by atoms with Crippen LogP contribution in [0.2, 0.25) is 0 Å². The standard InChI is InChI=1S/C15H28O/c1-14-11-9-7-5-3-4-6-8-10-12-15(14,2)13-16/h13-14H,3-12H2,1-2H3. The van der Waals surface area contributed by atoms with Gasteiger partial charge in [-0.2, -0.15) is 0 Å². The summed E-state index contributed by atoms with van der Waals surface area (Å²) in [4.78, 5) is 11.3. The highest BCUT2D eigenvalue weighted by atomic mass is 16.1. The van der Waals surface area contributed by atoms with E-state index in [0.29, 0.717) is 5.92 Å². The van der Waals surface area contributed by atoms with Crippen molar-refractivity contribution in [3.05, 3.63) is 0 Å². The third kappa shape index (κ3) is 4.27. The lowest BCUT2D eigenvalue weighted by Crippen LogP contribution is -2.27. The quantitative estimate of drug-likeness (QED) is 0.588. The lowest BCUT2D eigenvalue weighted by Gasteiger charge is -2.30. The first-order valence-electron chi connectivity index (χ1n) is 7.15. The molecule has 0 heterocycles. The van der Waals surface area contributed by atoms with Gasteiger partial charge in [-0.05, 0) is 18.8 Å². The minimum absolute atomic E-state index is 0.0564. The SMILES string of the molecule is CC1CCCCCCCCCCC1(C)C=O. The van der Waals surface area contributed by atoms with Crippen LogP contribution in [-0.2, 0) is 4.79 Å². The van der Waals surface area contributed by atoms with Crippen molar-refractivity contribution in [3.8, 4) is 0 Å². The second-order valence-corrected chi connectivity index (χ2v) is 5.89. The van der Waals surface area contributed by atoms with Gasteiger partial charge < -0.3 is 4.79 Å². The van der Waals surface area contributed by atoms with Gasteiger partial charge in [-0.15, -0.1) is 0 Å². The van der Waals surface area contributed by atoms with E-state index in [0.717, 1.165) is 6.42 Å². The number of carbonyl (C=O) groups is 1. The Bertz CT molecular complexity index is 200. The van der Waals surface area contributed by atoms with Gasteiger partial charge in [0, 0.05) is 5.41 Å². The van der Waals surface area contributed by atoms with Crippen molar-refractivity contribution in [2.75, 3.05) is 0 Å². The van der Waals surface area contributed by atoms with E-state index in [1.165, 1.54) is 64.1 Å². The minimum atomic E-state index is -0.0564. The largest absolute Gasteiger partial charge is 0.303 e. The second-order valence-electron chi connectivity index (χ2n) is 5.89. The number of hydrogen-bond donors (Lipinski definition) is 0. The van der Waals surface area contributed by atoms with Crippen LogP contribution in [0.4, 0.5) is 0 Å². The monoisotopic (exact) mass is 224 g/mol. The summed E-state index contributed by atoms with van der Waals surface area (Å²) in [6, 6.07) is 0. The highest BCUT2D eigenvalue weighted by Gasteiger charge is 2.29. The smallest absolute Gasteiger partial charge is 0.126 e. The normalized spacial score (nSPS) is 34.8. The van der Waals surface area contributed by atoms with Crippen molar-refractivity contribution in [2.45, 2.75) is 78.1 Å². The van der Waals surface area contributed by atoms with E-state index in [1.807, 2.05) is 0 Å². The Balaban J connectivity index is 2.50. The van der Waals surface area contributed by atoms with Gasteiger partial charge in [0.1, 0.15) is 6.29 Å². The molecule has 2 unspecified atom stereocenters. The Morgan fingerprint density at radius 3 is 2.00 bits per heavy atom. The molecule has 2 atom stereocenters. The molecule has 16 heavy (non-hydrogen) atoms. The fourth-order valence-electron chi connectivity index (χ4n) is 2.77. The van der Waals surface area contributed by atoms with Crippen molar-refractivity contribution in [2.24, 2.45) is 11.3 Å². The zero-order chi connectivity index (χ0) is 11.9. The first-order valence-corrected chi connectivity index (χ1v) is 7.15.